The molecular formula is C19H35SiSn. The largest absolute Gasteiger partial charge is 0.0867 e. The molecular weight excluding hydrogens is 375 g/mol. The normalized spacial score (nSPS) is 9.86. The summed E-state index contributed by atoms with van der Waals surface area (Å²) < 4.78 is 0. The molecule has 0 bridgehead atoms. The van der Waals surface area contributed by atoms with Crippen molar-refractivity contribution in [3.05, 3.63) is 61.5 Å². The summed E-state index contributed by atoms with van der Waals surface area (Å²) in [7, 11) is -1.08. The molecule has 0 atom stereocenters. The van der Waals surface area contributed by atoms with Crippen LogP contribution >= 0.6 is 0 Å². The molecule has 0 amide bonds. The Balaban J connectivity index is -0.000000138. The van der Waals surface area contributed by atoms with Crippen LogP contribution in [0.15, 0.2) is 36.0 Å². The summed E-state index contributed by atoms with van der Waals surface area (Å²) in [5.74, 6) is 0. The molecule has 0 aliphatic rings. The Bertz CT molecular complexity index is 310. The molecule has 1 rings (SSSR count). The zero-order valence-electron chi connectivity index (χ0n) is 14.7. The van der Waals surface area contributed by atoms with Crippen LogP contribution in [0.1, 0.15) is 46.5 Å². The average molecular weight is 410 g/mol. The van der Waals surface area contributed by atoms with Crippen molar-refractivity contribution in [1.82, 2.24) is 0 Å². The average Bonchev–Trinajstić information content (AvgIpc) is 2.46. The van der Waals surface area contributed by atoms with E-state index >= 15 is 0 Å². The summed E-state index contributed by atoms with van der Waals surface area (Å²) in [4.78, 5) is 0. The predicted octanol–water partition coefficient (Wildman–Crippen LogP) is 6.38. The molecule has 0 saturated heterocycles. The molecule has 1 aromatic carbocycles. The van der Waals surface area contributed by atoms with Crippen molar-refractivity contribution in [3.63, 3.8) is 0 Å². The number of unbranched alkanes of at least 4 members (excludes halogenated alkanes) is 2. The molecule has 119 valence electrons. The standard InChI is InChI=1S/C11H15Si.2C4H9.Sn.H2/c1-12(2,3)10-9-11-7-5-4-6-8-11;2*1-3-4-2;;/h4-8,10H,1-3H3;2*1,3-4H2,2H3;;1H. The molecule has 0 aliphatic heterocycles. The second-order valence-electron chi connectivity index (χ2n) is 5.73. The van der Waals surface area contributed by atoms with Crippen molar-refractivity contribution >= 4 is 32.0 Å². The Morgan fingerprint density at radius 2 is 1.38 bits per heavy atom. The maximum atomic E-state index is 3.60. The van der Waals surface area contributed by atoms with Crippen LogP contribution in [0.25, 0.3) is 0 Å². The zero-order chi connectivity index (χ0) is 15.9. The van der Waals surface area contributed by atoms with Crippen LogP contribution < -0.4 is 0 Å². The van der Waals surface area contributed by atoms with E-state index in [4.69, 9.17) is 0 Å². The van der Waals surface area contributed by atoms with Crippen LogP contribution in [-0.2, 0) is 0 Å². The summed E-state index contributed by atoms with van der Waals surface area (Å²) in [5.41, 5.74) is 3.42. The van der Waals surface area contributed by atoms with Gasteiger partial charge in [-0.15, -0.1) is 0 Å². The molecule has 0 spiro atoms. The predicted molar refractivity (Wildman–Crippen MR) is 105 cm³/mol. The SMILES string of the molecule is C[Si](C)(C)C=[C]c1ccccc1.[CH2]CCC.[CH2]CCC.[HH].[Sn]. The fourth-order valence-corrected chi connectivity index (χ4v) is 1.43. The van der Waals surface area contributed by atoms with E-state index in [0.29, 0.717) is 0 Å². The molecule has 0 aromatic heterocycles. The third-order valence-electron chi connectivity index (χ3n) is 2.15. The number of hydrogen-bond acceptors (Lipinski definition) is 0. The summed E-state index contributed by atoms with van der Waals surface area (Å²) >= 11 is 0. The minimum Gasteiger partial charge on any atom is -0.0867 e. The van der Waals surface area contributed by atoms with E-state index < -0.39 is 8.07 Å². The van der Waals surface area contributed by atoms with E-state index in [1.165, 1.54) is 18.4 Å². The Morgan fingerprint density at radius 3 is 1.67 bits per heavy atom. The summed E-state index contributed by atoms with van der Waals surface area (Å²) in [6.07, 6.45) is 7.88. The fraction of sp³-hybridized carbons (Fsp3) is 0.474. The monoisotopic (exact) mass is 411 g/mol. The Morgan fingerprint density at radius 1 is 1.00 bits per heavy atom. The van der Waals surface area contributed by atoms with E-state index in [-0.39, 0.29) is 25.3 Å². The second kappa shape index (κ2) is 18.0. The number of hydrogen-bond donors (Lipinski definition) is 0. The summed E-state index contributed by atoms with van der Waals surface area (Å²) in [6.45, 7) is 18.4. The fourth-order valence-electron chi connectivity index (χ4n) is 0.834. The first-order chi connectivity index (χ1) is 9.41. The van der Waals surface area contributed by atoms with Gasteiger partial charge in [0, 0.05) is 25.3 Å². The number of benzene rings is 1. The zero-order valence-corrected chi connectivity index (χ0v) is 18.6. The van der Waals surface area contributed by atoms with Crippen molar-refractivity contribution in [2.24, 2.45) is 0 Å². The van der Waals surface area contributed by atoms with Gasteiger partial charge in [0.05, 0.1) is 8.07 Å². The molecule has 7 radical (unpaired) electrons. The Kier molecular flexibility index (Phi) is 22.2. The maximum Gasteiger partial charge on any atom is 0.0695 e. The van der Waals surface area contributed by atoms with E-state index in [0.717, 1.165) is 12.8 Å². The van der Waals surface area contributed by atoms with Crippen molar-refractivity contribution < 1.29 is 1.43 Å². The topological polar surface area (TPSA) is 0 Å². The van der Waals surface area contributed by atoms with E-state index in [1.54, 1.807) is 0 Å². The van der Waals surface area contributed by atoms with Gasteiger partial charge >= 0.3 is 0 Å². The van der Waals surface area contributed by atoms with Gasteiger partial charge in [0.1, 0.15) is 0 Å². The van der Waals surface area contributed by atoms with Gasteiger partial charge in [-0.3, -0.25) is 0 Å². The van der Waals surface area contributed by atoms with Crippen molar-refractivity contribution in [3.8, 4) is 0 Å². The van der Waals surface area contributed by atoms with Gasteiger partial charge in [-0.1, -0.05) is 109 Å². The first-order valence-electron chi connectivity index (χ1n) is 7.65. The molecule has 0 heterocycles. The quantitative estimate of drug-likeness (QED) is 0.506. The van der Waals surface area contributed by atoms with Crippen LogP contribution in [-0.4, -0.2) is 32.0 Å². The second-order valence-corrected chi connectivity index (χ2v) is 10.7. The van der Waals surface area contributed by atoms with Gasteiger partial charge < -0.3 is 0 Å². The van der Waals surface area contributed by atoms with Gasteiger partial charge in [-0.25, -0.2) is 0 Å². The van der Waals surface area contributed by atoms with Crippen LogP contribution in [0.4, 0.5) is 0 Å². The first kappa shape index (κ1) is 25.9. The van der Waals surface area contributed by atoms with E-state index in [2.05, 4.69) is 71.2 Å². The van der Waals surface area contributed by atoms with Crippen LogP contribution in [0.5, 0.6) is 0 Å². The van der Waals surface area contributed by atoms with Crippen LogP contribution in [0.2, 0.25) is 19.6 Å². The summed E-state index contributed by atoms with van der Waals surface area (Å²) in [6, 6.07) is 10.3. The molecule has 0 aliphatic carbocycles. The molecule has 0 saturated carbocycles. The van der Waals surface area contributed by atoms with Gasteiger partial charge in [0.25, 0.3) is 0 Å². The molecule has 0 fully saturated rings. The third-order valence-corrected chi connectivity index (χ3v) is 3.16. The minimum atomic E-state index is -1.08. The smallest absolute Gasteiger partial charge is 0.0695 e. The van der Waals surface area contributed by atoms with E-state index in [9.17, 15) is 0 Å². The van der Waals surface area contributed by atoms with Gasteiger partial charge in [0.15, 0.2) is 0 Å². The van der Waals surface area contributed by atoms with Crippen molar-refractivity contribution in [2.45, 2.75) is 59.2 Å². The molecule has 1 aromatic rings. The van der Waals surface area contributed by atoms with Crippen molar-refractivity contribution in [2.75, 3.05) is 0 Å². The first-order valence-corrected chi connectivity index (χ1v) is 11.2. The Hall–Kier alpha value is -0.0244. The van der Waals surface area contributed by atoms with Crippen molar-refractivity contribution in [1.29, 1.82) is 0 Å². The minimum absolute atomic E-state index is 0. The van der Waals surface area contributed by atoms with Gasteiger partial charge in [-0.2, -0.15) is 0 Å². The molecule has 0 nitrogen and oxygen atoms in total. The molecule has 21 heavy (non-hydrogen) atoms. The number of rotatable bonds is 4. The van der Waals surface area contributed by atoms with Crippen LogP contribution in [0.3, 0.4) is 0 Å². The van der Waals surface area contributed by atoms with Crippen LogP contribution in [0, 0.1) is 19.9 Å². The third kappa shape index (κ3) is 25.3. The van der Waals surface area contributed by atoms with Gasteiger partial charge in [0.2, 0.25) is 0 Å². The molecule has 0 unspecified atom stereocenters. The Labute approximate surface area is 153 Å². The van der Waals surface area contributed by atoms with E-state index in [1.807, 2.05) is 18.2 Å². The summed E-state index contributed by atoms with van der Waals surface area (Å²) in [5, 5.41) is 0. The van der Waals surface area contributed by atoms with Gasteiger partial charge in [-0.05, 0) is 11.6 Å². The molecule has 0 N–H and O–H groups in total. The maximum absolute atomic E-state index is 3.60. The molecule has 2 heteroatoms.